The lowest BCUT2D eigenvalue weighted by atomic mass is 10.1. The van der Waals surface area contributed by atoms with E-state index in [1.54, 1.807) is 0 Å². The zero-order chi connectivity index (χ0) is 11.7. The average molecular weight is 229 g/mol. The summed E-state index contributed by atoms with van der Waals surface area (Å²) in [6, 6.07) is 7.86. The first-order valence-electron chi connectivity index (χ1n) is 6.00. The summed E-state index contributed by atoms with van der Waals surface area (Å²) in [5, 5.41) is 0. The maximum absolute atomic E-state index is 12.1. The molecule has 0 saturated carbocycles. The molecule has 2 aliphatic rings. The molecular weight excluding hydrogens is 214 g/mol. The molecule has 0 spiro atoms. The van der Waals surface area contributed by atoms with E-state index >= 15 is 0 Å². The molecule has 0 aromatic heterocycles. The Bertz CT molecular complexity index is 473. The Morgan fingerprint density at radius 1 is 1.18 bits per heavy atom. The van der Waals surface area contributed by atoms with Crippen molar-refractivity contribution in [1.82, 2.24) is 4.90 Å². The molecule has 17 heavy (non-hydrogen) atoms. The minimum Gasteiger partial charge on any atom is -0.378 e. The Morgan fingerprint density at radius 3 is 2.71 bits per heavy atom. The highest BCUT2D eigenvalue weighted by atomic mass is 16.5. The number of carbonyl (C=O) groups is 1. The third-order valence-corrected chi connectivity index (χ3v) is 3.32. The van der Waals surface area contributed by atoms with Gasteiger partial charge in [0.25, 0.3) is 0 Å². The Balaban J connectivity index is 1.83. The summed E-state index contributed by atoms with van der Waals surface area (Å²) in [7, 11) is 0. The normalized spacial score (nSPS) is 22.0. The molecule has 1 fully saturated rings. The highest BCUT2D eigenvalue weighted by Gasteiger charge is 2.24. The largest absolute Gasteiger partial charge is 0.378 e. The molecule has 1 aliphatic carbocycles. The van der Waals surface area contributed by atoms with Crippen molar-refractivity contribution in [2.24, 2.45) is 0 Å². The van der Waals surface area contributed by atoms with Crippen molar-refractivity contribution < 1.29 is 9.53 Å². The van der Waals surface area contributed by atoms with Crippen LogP contribution in [0.2, 0.25) is 0 Å². The van der Waals surface area contributed by atoms with E-state index in [9.17, 15) is 4.79 Å². The third kappa shape index (κ3) is 1.98. The summed E-state index contributed by atoms with van der Waals surface area (Å²) < 4.78 is 5.30. The van der Waals surface area contributed by atoms with Crippen LogP contribution in [0.3, 0.4) is 0 Å². The predicted molar refractivity (Wildman–Crippen MR) is 65.0 cm³/mol. The van der Waals surface area contributed by atoms with E-state index in [0.29, 0.717) is 0 Å². The Hall–Kier alpha value is -1.61. The molecule has 1 aromatic rings. The fraction of sp³-hybridized carbons (Fsp3) is 0.357. The first-order valence-corrected chi connectivity index (χ1v) is 6.00. The minimum absolute atomic E-state index is 0.187. The zero-order valence-corrected chi connectivity index (χ0v) is 9.69. The van der Waals surface area contributed by atoms with E-state index in [-0.39, 0.29) is 5.78 Å². The Kier molecular flexibility index (Phi) is 2.69. The minimum atomic E-state index is 0.187. The molecule has 0 atom stereocenters. The van der Waals surface area contributed by atoms with Crippen LogP contribution in [0.1, 0.15) is 15.9 Å². The van der Waals surface area contributed by atoms with Gasteiger partial charge in [-0.3, -0.25) is 4.79 Å². The number of allylic oxidation sites excluding steroid dienone is 1. The van der Waals surface area contributed by atoms with E-state index in [2.05, 4.69) is 4.90 Å². The maximum atomic E-state index is 12.1. The van der Waals surface area contributed by atoms with Crippen LogP contribution in [0, 0.1) is 0 Å². The zero-order valence-electron chi connectivity index (χ0n) is 9.69. The van der Waals surface area contributed by atoms with Gasteiger partial charge in [0.2, 0.25) is 0 Å². The van der Waals surface area contributed by atoms with E-state index in [0.717, 1.165) is 49.4 Å². The summed E-state index contributed by atoms with van der Waals surface area (Å²) in [6.07, 6.45) is 2.79. The van der Waals surface area contributed by atoms with Gasteiger partial charge in [0.1, 0.15) is 0 Å². The highest BCUT2D eigenvalue weighted by molar-refractivity contribution is 6.13. The quantitative estimate of drug-likeness (QED) is 0.686. The second-order valence-corrected chi connectivity index (χ2v) is 4.47. The van der Waals surface area contributed by atoms with Crippen LogP contribution in [-0.4, -0.2) is 37.0 Å². The SMILES string of the molecule is O=C1C(=CN2CCOCC2)Cc2ccccc21. The van der Waals surface area contributed by atoms with Crippen LogP contribution in [-0.2, 0) is 11.2 Å². The van der Waals surface area contributed by atoms with Crippen LogP contribution in [0.25, 0.3) is 0 Å². The van der Waals surface area contributed by atoms with Gasteiger partial charge >= 0.3 is 0 Å². The van der Waals surface area contributed by atoms with Crippen LogP contribution >= 0.6 is 0 Å². The molecule has 3 nitrogen and oxygen atoms in total. The number of morpholine rings is 1. The van der Waals surface area contributed by atoms with Crippen molar-refractivity contribution in [1.29, 1.82) is 0 Å². The summed E-state index contributed by atoms with van der Waals surface area (Å²) in [5.41, 5.74) is 2.93. The van der Waals surface area contributed by atoms with Crippen molar-refractivity contribution in [2.75, 3.05) is 26.3 Å². The van der Waals surface area contributed by atoms with Crippen molar-refractivity contribution in [3.05, 3.63) is 47.2 Å². The molecule has 88 valence electrons. The van der Waals surface area contributed by atoms with Gasteiger partial charge in [-0.25, -0.2) is 0 Å². The number of benzene rings is 1. The first kappa shape index (κ1) is 10.5. The van der Waals surface area contributed by atoms with Crippen molar-refractivity contribution in [3.63, 3.8) is 0 Å². The van der Waals surface area contributed by atoms with Crippen molar-refractivity contribution in [3.8, 4) is 0 Å². The molecule has 0 bridgehead atoms. The van der Waals surface area contributed by atoms with Crippen LogP contribution in [0.4, 0.5) is 0 Å². The Labute approximate surface area is 101 Å². The number of rotatable bonds is 1. The van der Waals surface area contributed by atoms with Crippen LogP contribution in [0.15, 0.2) is 36.0 Å². The summed E-state index contributed by atoms with van der Waals surface area (Å²) >= 11 is 0. The van der Waals surface area contributed by atoms with Gasteiger partial charge in [0, 0.05) is 36.8 Å². The van der Waals surface area contributed by atoms with Crippen molar-refractivity contribution >= 4 is 5.78 Å². The number of carbonyl (C=O) groups excluding carboxylic acids is 1. The molecule has 0 unspecified atom stereocenters. The average Bonchev–Trinajstić information content (AvgIpc) is 2.68. The van der Waals surface area contributed by atoms with Gasteiger partial charge in [-0.2, -0.15) is 0 Å². The maximum Gasteiger partial charge on any atom is 0.191 e. The second kappa shape index (κ2) is 4.34. The fourth-order valence-electron chi connectivity index (χ4n) is 2.39. The molecule has 0 radical (unpaired) electrons. The van der Waals surface area contributed by atoms with E-state index in [1.807, 2.05) is 30.5 Å². The summed E-state index contributed by atoms with van der Waals surface area (Å²) in [4.78, 5) is 14.3. The van der Waals surface area contributed by atoms with Gasteiger partial charge in [-0.1, -0.05) is 24.3 Å². The molecule has 1 heterocycles. The molecule has 0 amide bonds. The molecule has 3 rings (SSSR count). The molecule has 1 aliphatic heterocycles. The summed E-state index contributed by atoms with van der Waals surface area (Å²) in [6.45, 7) is 3.27. The van der Waals surface area contributed by atoms with E-state index in [4.69, 9.17) is 4.74 Å². The molecule has 0 N–H and O–H groups in total. The Morgan fingerprint density at radius 2 is 1.94 bits per heavy atom. The van der Waals surface area contributed by atoms with E-state index in [1.165, 1.54) is 0 Å². The lowest BCUT2D eigenvalue weighted by Crippen LogP contribution is -2.32. The molecule has 3 heteroatoms. The molecule has 1 aromatic carbocycles. The first-order chi connectivity index (χ1) is 8.34. The van der Waals surface area contributed by atoms with Crippen molar-refractivity contribution in [2.45, 2.75) is 6.42 Å². The van der Waals surface area contributed by atoms with Gasteiger partial charge in [-0.05, 0) is 5.56 Å². The topological polar surface area (TPSA) is 29.5 Å². The second-order valence-electron chi connectivity index (χ2n) is 4.47. The highest BCUT2D eigenvalue weighted by Crippen LogP contribution is 2.26. The fourth-order valence-corrected chi connectivity index (χ4v) is 2.39. The lowest BCUT2D eigenvalue weighted by molar-refractivity contribution is 0.0587. The summed E-state index contributed by atoms with van der Waals surface area (Å²) in [5.74, 6) is 0.187. The number of ketones is 1. The third-order valence-electron chi connectivity index (χ3n) is 3.32. The van der Waals surface area contributed by atoms with Crippen LogP contribution in [0.5, 0.6) is 0 Å². The van der Waals surface area contributed by atoms with Gasteiger partial charge in [-0.15, -0.1) is 0 Å². The number of ether oxygens (including phenoxy) is 1. The van der Waals surface area contributed by atoms with Gasteiger partial charge in [0.05, 0.1) is 13.2 Å². The van der Waals surface area contributed by atoms with Gasteiger partial charge < -0.3 is 9.64 Å². The number of fused-ring (bicyclic) bond motifs is 1. The monoisotopic (exact) mass is 229 g/mol. The predicted octanol–water partition coefficient (Wildman–Crippen LogP) is 1.64. The standard InChI is InChI=1S/C14H15NO2/c16-14-12(10-15-5-7-17-8-6-15)9-11-3-1-2-4-13(11)14/h1-4,10H,5-9H2. The smallest absolute Gasteiger partial charge is 0.191 e. The number of Topliss-reactive ketones (excluding diaryl/α,β-unsaturated/α-hetero) is 1. The number of hydrogen-bond acceptors (Lipinski definition) is 3. The molecular formula is C14H15NO2. The molecule has 1 saturated heterocycles. The van der Waals surface area contributed by atoms with E-state index < -0.39 is 0 Å². The lowest BCUT2D eigenvalue weighted by Gasteiger charge is -2.25. The number of hydrogen-bond donors (Lipinski definition) is 0. The van der Waals surface area contributed by atoms with Crippen LogP contribution < -0.4 is 0 Å². The van der Waals surface area contributed by atoms with Gasteiger partial charge in [0.15, 0.2) is 5.78 Å². The number of nitrogens with zero attached hydrogens (tertiary/aromatic N) is 1.